The van der Waals surface area contributed by atoms with Crippen molar-refractivity contribution >= 4 is 24.6 Å². The lowest BCUT2D eigenvalue weighted by Crippen LogP contribution is -1.97. The van der Waals surface area contributed by atoms with E-state index >= 15 is 0 Å². The predicted octanol–water partition coefficient (Wildman–Crippen LogP) is 2.97. The summed E-state index contributed by atoms with van der Waals surface area (Å²) in [4.78, 5) is 0. The average molecular weight is 184 g/mol. The molecule has 1 rings (SSSR count). The van der Waals surface area contributed by atoms with Crippen molar-refractivity contribution in [2.24, 2.45) is 0 Å². The zero-order valence-corrected chi connectivity index (χ0v) is 7.88. The molecular weight excluding hydrogens is 172 g/mol. The fraction of sp³-hybridized carbons (Fsp3) is 0. The molecule has 0 aliphatic heterocycles. The van der Waals surface area contributed by atoms with E-state index in [-0.39, 0.29) is 0 Å². The van der Waals surface area contributed by atoms with Gasteiger partial charge in [0.15, 0.2) is 0 Å². The molecule has 0 radical (unpaired) electrons. The van der Waals surface area contributed by atoms with Gasteiger partial charge in [-0.3, -0.25) is 0 Å². The molecular formula is C12H12N2. The van der Waals surface area contributed by atoms with Gasteiger partial charge in [-0.15, -0.1) is 0 Å². The molecule has 0 unspecified atom stereocenters. The molecule has 2 heteroatoms. The van der Waals surface area contributed by atoms with Crippen molar-refractivity contribution < 1.29 is 0 Å². The second-order valence-electron chi connectivity index (χ2n) is 2.77. The molecule has 0 aliphatic carbocycles. The lowest BCUT2D eigenvalue weighted by molar-refractivity contribution is 1.47. The Kier molecular flexibility index (Phi) is 3.13. The SMILES string of the molecule is C=Cc1ccc(C=C)c(C=N)c1C=N. The molecule has 2 nitrogen and oxygen atoms in total. The highest BCUT2D eigenvalue weighted by Gasteiger charge is 2.05. The minimum atomic E-state index is 0.715. The fourth-order valence-electron chi connectivity index (χ4n) is 1.35. The molecule has 0 saturated heterocycles. The van der Waals surface area contributed by atoms with Crippen molar-refractivity contribution in [1.29, 1.82) is 10.8 Å². The summed E-state index contributed by atoms with van der Waals surface area (Å²) in [6, 6.07) is 3.74. The Hall–Kier alpha value is -1.96. The van der Waals surface area contributed by atoms with Gasteiger partial charge in [0.05, 0.1) is 0 Å². The summed E-state index contributed by atoms with van der Waals surface area (Å²) in [7, 11) is 0. The summed E-state index contributed by atoms with van der Waals surface area (Å²) in [5.74, 6) is 0. The summed E-state index contributed by atoms with van der Waals surface area (Å²) in [5.41, 5.74) is 3.16. The molecule has 14 heavy (non-hydrogen) atoms. The van der Waals surface area contributed by atoms with E-state index in [9.17, 15) is 0 Å². The summed E-state index contributed by atoms with van der Waals surface area (Å²) in [6.07, 6.45) is 5.84. The zero-order valence-electron chi connectivity index (χ0n) is 7.88. The van der Waals surface area contributed by atoms with Gasteiger partial charge in [0.2, 0.25) is 0 Å². The van der Waals surface area contributed by atoms with Gasteiger partial charge < -0.3 is 10.8 Å². The normalized spacial score (nSPS) is 9.14. The van der Waals surface area contributed by atoms with Gasteiger partial charge in [-0.05, 0) is 11.1 Å². The number of rotatable bonds is 4. The second kappa shape index (κ2) is 4.33. The van der Waals surface area contributed by atoms with Crippen LogP contribution in [0, 0.1) is 10.8 Å². The molecule has 1 aromatic rings. The first-order valence-electron chi connectivity index (χ1n) is 4.21. The highest BCUT2D eigenvalue weighted by Crippen LogP contribution is 2.18. The molecule has 0 bridgehead atoms. The van der Waals surface area contributed by atoms with Crippen molar-refractivity contribution in [2.75, 3.05) is 0 Å². The van der Waals surface area contributed by atoms with Crippen LogP contribution in [0.3, 0.4) is 0 Å². The van der Waals surface area contributed by atoms with Crippen LogP contribution in [0.5, 0.6) is 0 Å². The van der Waals surface area contributed by atoms with Gasteiger partial charge in [-0.1, -0.05) is 37.4 Å². The highest BCUT2D eigenvalue weighted by molar-refractivity contribution is 5.98. The van der Waals surface area contributed by atoms with Crippen LogP contribution >= 0.6 is 0 Å². The largest absolute Gasteiger partial charge is 0.308 e. The van der Waals surface area contributed by atoms with Gasteiger partial charge in [-0.2, -0.15) is 0 Å². The smallest absolute Gasteiger partial charge is 0.0263 e. The first-order chi connectivity index (χ1) is 6.78. The summed E-state index contributed by atoms with van der Waals surface area (Å²) < 4.78 is 0. The predicted molar refractivity (Wildman–Crippen MR) is 62.4 cm³/mol. The average Bonchev–Trinajstić information content (AvgIpc) is 2.26. The summed E-state index contributed by atoms with van der Waals surface area (Å²) in [5, 5.41) is 14.6. The Morgan fingerprint density at radius 3 is 1.43 bits per heavy atom. The standard InChI is InChI=1S/C12H12N2/c1-3-9-5-6-10(4-2)12(8-14)11(9)7-13/h3-8,13-14H,1-2H2. The fourth-order valence-corrected chi connectivity index (χ4v) is 1.35. The minimum absolute atomic E-state index is 0.715. The van der Waals surface area contributed by atoms with Crippen LogP contribution in [0.1, 0.15) is 22.3 Å². The van der Waals surface area contributed by atoms with E-state index in [0.29, 0.717) is 11.1 Å². The van der Waals surface area contributed by atoms with Crippen molar-refractivity contribution in [2.45, 2.75) is 0 Å². The van der Waals surface area contributed by atoms with E-state index in [1.54, 1.807) is 12.2 Å². The lowest BCUT2D eigenvalue weighted by atomic mass is 9.97. The number of hydrogen-bond donors (Lipinski definition) is 2. The van der Waals surface area contributed by atoms with Crippen LogP contribution < -0.4 is 0 Å². The minimum Gasteiger partial charge on any atom is -0.308 e. The van der Waals surface area contributed by atoms with Crippen molar-refractivity contribution in [3.8, 4) is 0 Å². The molecule has 0 fully saturated rings. The van der Waals surface area contributed by atoms with Crippen LogP contribution in [0.15, 0.2) is 25.3 Å². The number of benzene rings is 1. The van der Waals surface area contributed by atoms with Crippen LogP contribution in [-0.2, 0) is 0 Å². The van der Waals surface area contributed by atoms with Crippen molar-refractivity contribution in [1.82, 2.24) is 0 Å². The Morgan fingerprint density at radius 2 is 1.21 bits per heavy atom. The van der Waals surface area contributed by atoms with Gasteiger partial charge in [0.1, 0.15) is 0 Å². The van der Waals surface area contributed by atoms with E-state index in [0.717, 1.165) is 11.1 Å². The molecule has 0 atom stereocenters. The van der Waals surface area contributed by atoms with Crippen LogP contribution in [-0.4, -0.2) is 12.4 Å². The van der Waals surface area contributed by atoms with Crippen molar-refractivity contribution in [3.63, 3.8) is 0 Å². The molecule has 0 saturated carbocycles. The molecule has 0 aromatic heterocycles. The third-order valence-corrected chi connectivity index (χ3v) is 2.08. The molecule has 0 heterocycles. The van der Waals surface area contributed by atoms with Crippen LogP contribution in [0.25, 0.3) is 12.2 Å². The number of nitrogens with one attached hydrogen (secondary N) is 2. The highest BCUT2D eigenvalue weighted by atomic mass is 14.4. The van der Waals surface area contributed by atoms with Crippen molar-refractivity contribution in [3.05, 3.63) is 47.5 Å². The summed E-state index contributed by atoms with van der Waals surface area (Å²) in [6.45, 7) is 7.33. The van der Waals surface area contributed by atoms with E-state index in [2.05, 4.69) is 13.2 Å². The molecule has 0 amide bonds. The summed E-state index contributed by atoms with van der Waals surface area (Å²) >= 11 is 0. The van der Waals surface area contributed by atoms with Crippen LogP contribution in [0.2, 0.25) is 0 Å². The Morgan fingerprint density at radius 1 is 0.857 bits per heavy atom. The molecule has 70 valence electrons. The zero-order chi connectivity index (χ0) is 10.6. The maximum atomic E-state index is 7.29. The topological polar surface area (TPSA) is 47.7 Å². The van der Waals surface area contributed by atoms with Gasteiger partial charge in [0.25, 0.3) is 0 Å². The Balaban J connectivity index is 3.58. The van der Waals surface area contributed by atoms with Gasteiger partial charge in [-0.25, -0.2) is 0 Å². The van der Waals surface area contributed by atoms with Gasteiger partial charge in [0, 0.05) is 23.6 Å². The number of hydrogen-bond acceptors (Lipinski definition) is 2. The first kappa shape index (κ1) is 10.1. The second-order valence-corrected chi connectivity index (χ2v) is 2.77. The van der Waals surface area contributed by atoms with E-state index in [1.165, 1.54) is 12.4 Å². The Bertz CT molecular complexity index is 364. The van der Waals surface area contributed by atoms with E-state index < -0.39 is 0 Å². The third kappa shape index (κ3) is 1.55. The monoisotopic (exact) mass is 184 g/mol. The molecule has 0 aliphatic rings. The van der Waals surface area contributed by atoms with Crippen LogP contribution in [0.4, 0.5) is 0 Å². The lowest BCUT2D eigenvalue weighted by Gasteiger charge is -2.07. The third-order valence-electron chi connectivity index (χ3n) is 2.08. The maximum absolute atomic E-state index is 7.29. The van der Waals surface area contributed by atoms with E-state index in [1.807, 2.05) is 12.1 Å². The van der Waals surface area contributed by atoms with E-state index in [4.69, 9.17) is 10.8 Å². The maximum Gasteiger partial charge on any atom is 0.0263 e. The molecule has 2 N–H and O–H groups in total. The van der Waals surface area contributed by atoms with Gasteiger partial charge >= 0.3 is 0 Å². The molecule has 0 spiro atoms. The first-order valence-corrected chi connectivity index (χ1v) is 4.21. The quantitative estimate of drug-likeness (QED) is 0.676. The Labute approximate surface area is 83.6 Å². The molecule has 1 aromatic carbocycles.